The van der Waals surface area contributed by atoms with Crippen LogP contribution in [-0.4, -0.2) is 7.05 Å². The molecule has 0 saturated carbocycles. The zero-order valence-corrected chi connectivity index (χ0v) is 11.2. The highest BCUT2D eigenvalue weighted by Gasteiger charge is 2.02. The van der Waals surface area contributed by atoms with Crippen LogP contribution in [0, 0.1) is 0 Å². The van der Waals surface area contributed by atoms with Gasteiger partial charge in [-0.05, 0) is 35.4 Å². The molecule has 0 aliphatic carbocycles. The van der Waals surface area contributed by atoms with Crippen molar-refractivity contribution >= 4 is 17.3 Å². The number of hydrogen-bond donors (Lipinski definition) is 1. The van der Waals surface area contributed by atoms with Crippen molar-refractivity contribution in [1.82, 2.24) is 0 Å². The molecule has 2 N–H and O–H groups in total. The summed E-state index contributed by atoms with van der Waals surface area (Å²) in [5.74, 6) is 0. The van der Waals surface area contributed by atoms with E-state index in [4.69, 9.17) is 17.3 Å². The Labute approximate surface area is 113 Å². The second-order valence-corrected chi connectivity index (χ2v) is 4.79. The Kier molecular flexibility index (Phi) is 4.24. The lowest BCUT2D eigenvalue weighted by molar-refractivity contribution is 0.917. The van der Waals surface area contributed by atoms with Gasteiger partial charge < -0.3 is 10.6 Å². The molecule has 0 radical (unpaired) electrons. The Bertz CT molecular complexity index is 508. The molecule has 0 atom stereocenters. The van der Waals surface area contributed by atoms with E-state index in [1.54, 1.807) is 0 Å². The van der Waals surface area contributed by atoms with Crippen molar-refractivity contribution in [2.75, 3.05) is 11.9 Å². The molecule has 0 amide bonds. The van der Waals surface area contributed by atoms with E-state index in [2.05, 4.69) is 24.1 Å². The monoisotopic (exact) mass is 260 g/mol. The minimum atomic E-state index is 0.582. The topological polar surface area (TPSA) is 29.3 Å². The summed E-state index contributed by atoms with van der Waals surface area (Å²) in [6, 6.07) is 16.2. The summed E-state index contributed by atoms with van der Waals surface area (Å²) < 4.78 is 0. The highest BCUT2D eigenvalue weighted by Crippen LogP contribution is 2.18. The molecule has 0 aliphatic heterocycles. The lowest BCUT2D eigenvalue weighted by Crippen LogP contribution is -2.16. The minimum absolute atomic E-state index is 0.582. The van der Waals surface area contributed by atoms with E-state index in [0.29, 0.717) is 6.54 Å². The van der Waals surface area contributed by atoms with Gasteiger partial charge in [0.1, 0.15) is 0 Å². The molecule has 3 heteroatoms. The molecule has 0 spiro atoms. The molecule has 0 heterocycles. The largest absolute Gasteiger partial charge is 0.370 e. The first-order valence-electron chi connectivity index (χ1n) is 5.93. The maximum absolute atomic E-state index is 5.88. The van der Waals surface area contributed by atoms with Crippen molar-refractivity contribution in [2.45, 2.75) is 13.1 Å². The summed E-state index contributed by atoms with van der Waals surface area (Å²) in [6.45, 7) is 1.44. The van der Waals surface area contributed by atoms with Gasteiger partial charge in [-0.25, -0.2) is 0 Å². The lowest BCUT2D eigenvalue weighted by atomic mass is 10.1. The molecule has 2 nitrogen and oxygen atoms in total. The number of halogens is 1. The minimum Gasteiger partial charge on any atom is -0.370 e. The summed E-state index contributed by atoms with van der Waals surface area (Å²) in [7, 11) is 2.07. The molecule has 18 heavy (non-hydrogen) atoms. The molecule has 0 fully saturated rings. The predicted molar refractivity (Wildman–Crippen MR) is 77.9 cm³/mol. The van der Waals surface area contributed by atoms with Crippen LogP contribution >= 0.6 is 11.6 Å². The average molecular weight is 261 g/mol. The fourth-order valence-corrected chi connectivity index (χ4v) is 2.04. The van der Waals surface area contributed by atoms with Gasteiger partial charge in [0.15, 0.2) is 0 Å². The van der Waals surface area contributed by atoms with Crippen molar-refractivity contribution in [3.05, 3.63) is 64.7 Å². The predicted octanol–water partition coefficient (Wildman–Crippen LogP) is 3.44. The van der Waals surface area contributed by atoms with Crippen molar-refractivity contribution in [3.8, 4) is 0 Å². The average Bonchev–Trinajstić information content (AvgIpc) is 2.39. The standard InChI is InChI=1S/C15H17ClN2/c1-18(15-7-5-14(16)6-8-15)11-13-4-2-3-12(9-13)10-17/h2-9H,10-11,17H2,1H3. The van der Waals surface area contributed by atoms with Gasteiger partial charge in [0, 0.05) is 30.8 Å². The zero-order chi connectivity index (χ0) is 13.0. The maximum atomic E-state index is 5.88. The summed E-state index contributed by atoms with van der Waals surface area (Å²) in [4.78, 5) is 2.19. The number of rotatable bonds is 4. The second-order valence-electron chi connectivity index (χ2n) is 4.36. The van der Waals surface area contributed by atoms with E-state index in [0.717, 1.165) is 22.8 Å². The molecular formula is C15H17ClN2. The van der Waals surface area contributed by atoms with Gasteiger partial charge in [0.25, 0.3) is 0 Å². The Balaban J connectivity index is 2.10. The Morgan fingerprint density at radius 1 is 1.06 bits per heavy atom. The van der Waals surface area contributed by atoms with Crippen LogP contribution in [0.2, 0.25) is 5.02 Å². The third-order valence-electron chi connectivity index (χ3n) is 2.91. The summed E-state index contributed by atoms with van der Waals surface area (Å²) in [5, 5.41) is 0.761. The number of nitrogens with two attached hydrogens (primary N) is 1. The van der Waals surface area contributed by atoms with Gasteiger partial charge in [-0.1, -0.05) is 35.9 Å². The highest BCUT2D eigenvalue weighted by molar-refractivity contribution is 6.30. The molecular weight excluding hydrogens is 244 g/mol. The summed E-state index contributed by atoms with van der Waals surface area (Å²) in [6.07, 6.45) is 0. The van der Waals surface area contributed by atoms with E-state index in [1.165, 1.54) is 5.56 Å². The SMILES string of the molecule is CN(Cc1cccc(CN)c1)c1ccc(Cl)cc1. The fraction of sp³-hybridized carbons (Fsp3) is 0.200. The summed E-state index contributed by atoms with van der Waals surface area (Å²) >= 11 is 5.88. The van der Waals surface area contributed by atoms with Crippen LogP contribution in [-0.2, 0) is 13.1 Å². The molecule has 2 aromatic carbocycles. The molecule has 0 aromatic heterocycles. The Hall–Kier alpha value is -1.51. The molecule has 2 rings (SSSR count). The number of anilines is 1. The lowest BCUT2D eigenvalue weighted by Gasteiger charge is -2.19. The van der Waals surface area contributed by atoms with Gasteiger partial charge in [-0.3, -0.25) is 0 Å². The first-order chi connectivity index (χ1) is 8.69. The van der Waals surface area contributed by atoms with Crippen LogP contribution in [0.1, 0.15) is 11.1 Å². The van der Waals surface area contributed by atoms with E-state index in [-0.39, 0.29) is 0 Å². The van der Waals surface area contributed by atoms with Gasteiger partial charge in [0.2, 0.25) is 0 Å². The van der Waals surface area contributed by atoms with Crippen molar-refractivity contribution in [1.29, 1.82) is 0 Å². The zero-order valence-electron chi connectivity index (χ0n) is 10.4. The third kappa shape index (κ3) is 3.25. The fourth-order valence-electron chi connectivity index (χ4n) is 1.92. The first-order valence-corrected chi connectivity index (χ1v) is 6.31. The van der Waals surface area contributed by atoms with Gasteiger partial charge in [0.05, 0.1) is 0 Å². The van der Waals surface area contributed by atoms with E-state index >= 15 is 0 Å². The molecule has 0 unspecified atom stereocenters. The van der Waals surface area contributed by atoms with E-state index in [1.807, 2.05) is 36.4 Å². The smallest absolute Gasteiger partial charge is 0.0426 e. The quantitative estimate of drug-likeness (QED) is 0.913. The van der Waals surface area contributed by atoms with E-state index < -0.39 is 0 Å². The Morgan fingerprint density at radius 2 is 1.72 bits per heavy atom. The summed E-state index contributed by atoms with van der Waals surface area (Å²) in [5.41, 5.74) is 9.22. The highest BCUT2D eigenvalue weighted by atomic mass is 35.5. The number of nitrogens with zero attached hydrogens (tertiary/aromatic N) is 1. The van der Waals surface area contributed by atoms with Gasteiger partial charge in [-0.2, -0.15) is 0 Å². The first kappa shape index (κ1) is 12.9. The Morgan fingerprint density at radius 3 is 2.39 bits per heavy atom. The van der Waals surface area contributed by atoms with Crippen LogP contribution in [0.5, 0.6) is 0 Å². The number of hydrogen-bond acceptors (Lipinski definition) is 2. The second kappa shape index (κ2) is 5.89. The number of benzene rings is 2. The maximum Gasteiger partial charge on any atom is 0.0426 e. The molecule has 94 valence electrons. The molecule has 0 bridgehead atoms. The van der Waals surface area contributed by atoms with Crippen molar-refractivity contribution in [3.63, 3.8) is 0 Å². The van der Waals surface area contributed by atoms with Crippen LogP contribution in [0.25, 0.3) is 0 Å². The van der Waals surface area contributed by atoms with Crippen LogP contribution in [0.15, 0.2) is 48.5 Å². The molecule has 2 aromatic rings. The molecule has 0 saturated heterocycles. The van der Waals surface area contributed by atoms with Crippen molar-refractivity contribution < 1.29 is 0 Å². The third-order valence-corrected chi connectivity index (χ3v) is 3.17. The van der Waals surface area contributed by atoms with Gasteiger partial charge in [-0.15, -0.1) is 0 Å². The normalized spacial score (nSPS) is 10.4. The van der Waals surface area contributed by atoms with Crippen molar-refractivity contribution in [2.24, 2.45) is 5.73 Å². The van der Waals surface area contributed by atoms with Crippen LogP contribution in [0.4, 0.5) is 5.69 Å². The van der Waals surface area contributed by atoms with E-state index in [9.17, 15) is 0 Å². The van der Waals surface area contributed by atoms with Crippen LogP contribution in [0.3, 0.4) is 0 Å². The molecule has 0 aliphatic rings. The van der Waals surface area contributed by atoms with Gasteiger partial charge >= 0.3 is 0 Å². The van der Waals surface area contributed by atoms with Crippen LogP contribution < -0.4 is 10.6 Å².